The van der Waals surface area contributed by atoms with E-state index in [2.05, 4.69) is 21.2 Å². The van der Waals surface area contributed by atoms with E-state index < -0.39 is 5.82 Å². The van der Waals surface area contributed by atoms with Gasteiger partial charge in [-0.25, -0.2) is 4.39 Å². The van der Waals surface area contributed by atoms with Crippen molar-refractivity contribution < 1.29 is 9.18 Å². The van der Waals surface area contributed by atoms with E-state index in [4.69, 9.17) is 0 Å². The average Bonchev–Trinajstić information content (AvgIpc) is 2.32. The van der Waals surface area contributed by atoms with Crippen molar-refractivity contribution in [2.24, 2.45) is 0 Å². The lowest BCUT2D eigenvalue weighted by atomic mass is 10.1. The lowest BCUT2D eigenvalue weighted by Gasteiger charge is -2.38. The molecule has 6 heteroatoms. The Balaban J connectivity index is 0.00000180. The SMILES string of the molecule is CC1NCCN(C(=O)c2ccc(Br)cc2F)C1C.Cl. The Hall–Kier alpha value is -0.650. The van der Waals surface area contributed by atoms with Gasteiger partial charge in [0, 0.05) is 29.6 Å². The summed E-state index contributed by atoms with van der Waals surface area (Å²) >= 11 is 3.19. The first-order valence-corrected chi connectivity index (χ1v) is 6.79. The third-order valence-electron chi connectivity index (χ3n) is 3.46. The van der Waals surface area contributed by atoms with Crippen LogP contribution in [-0.4, -0.2) is 36.0 Å². The summed E-state index contributed by atoms with van der Waals surface area (Å²) in [5, 5.41) is 3.30. The van der Waals surface area contributed by atoms with Gasteiger partial charge in [0.15, 0.2) is 0 Å². The van der Waals surface area contributed by atoms with Crippen LogP contribution in [0, 0.1) is 5.82 Å². The van der Waals surface area contributed by atoms with E-state index in [-0.39, 0.29) is 36.0 Å². The number of amides is 1. The molecule has 2 rings (SSSR count). The lowest BCUT2D eigenvalue weighted by Crippen LogP contribution is -2.57. The molecule has 1 saturated heterocycles. The molecule has 2 atom stereocenters. The molecule has 1 aliphatic heterocycles. The molecule has 0 bridgehead atoms. The summed E-state index contributed by atoms with van der Waals surface area (Å²) in [5.74, 6) is -0.714. The number of hydrogen-bond acceptors (Lipinski definition) is 2. The Morgan fingerprint density at radius 1 is 1.47 bits per heavy atom. The fourth-order valence-electron chi connectivity index (χ4n) is 2.16. The summed E-state index contributed by atoms with van der Waals surface area (Å²) < 4.78 is 14.4. The second kappa shape index (κ2) is 6.68. The monoisotopic (exact) mass is 350 g/mol. The van der Waals surface area contributed by atoms with Gasteiger partial charge >= 0.3 is 0 Å². The highest BCUT2D eigenvalue weighted by molar-refractivity contribution is 9.10. The van der Waals surface area contributed by atoms with Gasteiger partial charge < -0.3 is 10.2 Å². The van der Waals surface area contributed by atoms with Gasteiger partial charge in [0.05, 0.1) is 5.56 Å². The first kappa shape index (κ1) is 16.4. The summed E-state index contributed by atoms with van der Waals surface area (Å²) in [7, 11) is 0. The van der Waals surface area contributed by atoms with E-state index in [0.29, 0.717) is 11.0 Å². The summed E-state index contributed by atoms with van der Waals surface area (Å²) in [6, 6.07) is 4.83. The van der Waals surface area contributed by atoms with Gasteiger partial charge in [-0.3, -0.25) is 4.79 Å². The van der Waals surface area contributed by atoms with Crippen LogP contribution >= 0.6 is 28.3 Å². The van der Waals surface area contributed by atoms with E-state index in [0.717, 1.165) is 6.54 Å². The third-order valence-corrected chi connectivity index (χ3v) is 3.95. The minimum atomic E-state index is -0.479. The van der Waals surface area contributed by atoms with E-state index in [1.807, 2.05) is 13.8 Å². The molecular formula is C13H17BrClFN2O. The highest BCUT2D eigenvalue weighted by Gasteiger charge is 2.29. The van der Waals surface area contributed by atoms with Crippen LogP contribution in [-0.2, 0) is 0 Å². The molecule has 19 heavy (non-hydrogen) atoms. The van der Waals surface area contributed by atoms with Crippen molar-refractivity contribution in [2.45, 2.75) is 25.9 Å². The number of nitrogens with zero attached hydrogens (tertiary/aromatic N) is 1. The van der Waals surface area contributed by atoms with Crippen molar-refractivity contribution >= 4 is 34.2 Å². The molecule has 2 unspecified atom stereocenters. The number of hydrogen-bond donors (Lipinski definition) is 1. The Kier molecular flexibility index (Phi) is 5.77. The summed E-state index contributed by atoms with van der Waals surface area (Å²) in [6.07, 6.45) is 0. The van der Waals surface area contributed by atoms with Crippen LogP contribution in [0.25, 0.3) is 0 Å². The van der Waals surface area contributed by atoms with Crippen LogP contribution < -0.4 is 5.32 Å². The molecule has 106 valence electrons. The average molecular weight is 352 g/mol. The van der Waals surface area contributed by atoms with Crippen LogP contribution in [0.5, 0.6) is 0 Å². The fraction of sp³-hybridized carbons (Fsp3) is 0.462. The highest BCUT2D eigenvalue weighted by atomic mass is 79.9. The zero-order valence-electron chi connectivity index (χ0n) is 10.8. The van der Waals surface area contributed by atoms with Crippen LogP contribution in [0.1, 0.15) is 24.2 Å². The van der Waals surface area contributed by atoms with Crippen molar-refractivity contribution in [1.29, 1.82) is 0 Å². The number of carbonyl (C=O) groups excluding carboxylic acids is 1. The third kappa shape index (κ3) is 3.46. The van der Waals surface area contributed by atoms with Gasteiger partial charge in [0.2, 0.25) is 0 Å². The van der Waals surface area contributed by atoms with E-state index in [1.54, 1.807) is 11.0 Å². The molecule has 1 amide bonds. The van der Waals surface area contributed by atoms with Crippen LogP contribution in [0.2, 0.25) is 0 Å². The van der Waals surface area contributed by atoms with Crippen molar-refractivity contribution in [2.75, 3.05) is 13.1 Å². The molecule has 0 saturated carbocycles. The maximum absolute atomic E-state index is 13.8. The molecule has 0 aliphatic carbocycles. The fourth-order valence-corrected chi connectivity index (χ4v) is 2.49. The van der Waals surface area contributed by atoms with Crippen molar-refractivity contribution in [1.82, 2.24) is 10.2 Å². The van der Waals surface area contributed by atoms with Crippen LogP contribution in [0.3, 0.4) is 0 Å². The molecule has 3 nitrogen and oxygen atoms in total. The Morgan fingerprint density at radius 2 is 2.16 bits per heavy atom. The summed E-state index contributed by atoms with van der Waals surface area (Å²) in [4.78, 5) is 14.1. The largest absolute Gasteiger partial charge is 0.333 e. The summed E-state index contributed by atoms with van der Waals surface area (Å²) in [5.41, 5.74) is 0.138. The molecule has 1 aliphatic rings. The standard InChI is InChI=1S/C13H16BrFN2O.ClH/c1-8-9(2)17(6-5-16-8)13(18)11-4-3-10(14)7-12(11)15;/h3-4,7-9,16H,5-6H2,1-2H3;1H. The second-order valence-electron chi connectivity index (χ2n) is 4.61. The predicted molar refractivity (Wildman–Crippen MR) is 79.3 cm³/mol. The van der Waals surface area contributed by atoms with Gasteiger partial charge in [0.1, 0.15) is 5.82 Å². The van der Waals surface area contributed by atoms with E-state index in [9.17, 15) is 9.18 Å². The second-order valence-corrected chi connectivity index (χ2v) is 5.52. The molecule has 0 spiro atoms. The van der Waals surface area contributed by atoms with E-state index in [1.165, 1.54) is 12.1 Å². The minimum absolute atomic E-state index is 0. The van der Waals surface area contributed by atoms with Crippen molar-refractivity contribution in [3.63, 3.8) is 0 Å². The maximum Gasteiger partial charge on any atom is 0.257 e. The minimum Gasteiger partial charge on any atom is -0.333 e. The first-order valence-electron chi connectivity index (χ1n) is 6.00. The predicted octanol–water partition coefficient (Wildman–Crippen LogP) is 2.83. The van der Waals surface area contributed by atoms with Crippen molar-refractivity contribution in [3.8, 4) is 0 Å². The zero-order chi connectivity index (χ0) is 13.3. The van der Waals surface area contributed by atoms with E-state index >= 15 is 0 Å². The topological polar surface area (TPSA) is 32.3 Å². The smallest absolute Gasteiger partial charge is 0.257 e. The van der Waals surface area contributed by atoms with Gasteiger partial charge in [0.25, 0.3) is 5.91 Å². The zero-order valence-corrected chi connectivity index (χ0v) is 13.2. The number of nitrogens with one attached hydrogen (secondary N) is 1. The molecule has 1 aromatic carbocycles. The normalized spacial score (nSPS) is 22.8. The van der Waals surface area contributed by atoms with Gasteiger partial charge in [-0.2, -0.15) is 0 Å². The Morgan fingerprint density at radius 3 is 2.79 bits per heavy atom. The van der Waals surface area contributed by atoms with Crippen LogP contribution in [0.4, 0.5) is 4.39 Å². The molecule has 1 fully saturated rings. The van der Waals surface area contributed by atoms with Crippen molar-refractivity contribution in [3.05, 3.63) is 34.1 Å². The number of halogens is 3. The molecule has 1 N–H and O–H groups in total. The quantitative estimate of drug-likeness (QED) is 0.844. The molecule has 1 aromatic rings. The number of carbonyl (C=O) groups is 1. The molecule has 0 radical (unpaired) electrons. The number of piperazine rings is 1. The highest BCUT2D eigenvalue weighted by Crippen LogP contribution is 2.19. The van der Waals surface area contributed by atoms with Gasteiger partial charge in [-0.05, 0) is 32.0 Å². The number of rotatable bonds is 1. The van der Waals surface area contributed by atoms with Gasteiger partial charge in [-0.1, -0.05) is 15.9 Å². The lowest BCUT2D eigenvalue weighted by molar-refractivity contribution is 0.0598. The van der Waals surface area contributed by atoms with Gasteiger partial charge in [-0.15, -0.1) is 12.4 Å². The van der Waals surface area contributed by atoms with Crippen LogP contribution in [0.15, 0.2) is 22.7 Å². The Bertz CT molecular complexity index is 472. The summed E-state index contributed by atoms with van der Waals surface area (Å²) in [6.45, 7) is 5.36. The molecule has 1 heterocycles. The Labute approximate surface area is 127 Å². The number of benzene rings is 1. The maximum atomic E-state index is 13.8. The molecule has 0 aromatic heterocycles. The first-order chi connectivity index (χ1) is 8.50. The molecular weight excluding hydrogens is 335 g/mol.